The van der Waals surface area contributed by atoms with Crippen LogP contribution in [-0.4, -0.2) is 26.4 Å². The van der Waals surface area contributed by atoms with Gasteiger partial charge in [0, 0.05) is 0 Å². The van der Waals surface area contributed by atoms with Crippen LogP contribution in [0.1, 0.15) is 41.5 Å². The number of hydrogen-bond donors (Lipinski definition) is 1. The lowest BCUT2D eigenvalue weighted by atomic mass is 9.87. The molecule has 0 aliphatic carbocycles. The largest absolute Gasteiger partial charge is 0.411 e. The van der Waals surface area contributed by atoms with Crippen LogP contribution in [-0.2, 0) is 9.22 Å². The Kier molecular flexibility index (Phi) is 3.54. The minimum absolute atomic E-state index is 0.0177. The Bertz CT molecular complexity index is 318. The maximum absolute atomic E-state index is 11.9. The summed E-state index contributed by atoms with van der Waals surface area (Å²) < 4.78 is 6.42. The average Bonchev–Trinajstić information content (AvgIpc) is 2.27. The van der Waals surface area contributed by atoms with Gasteiger partial charge in [0.25, 0.3) is 0 Å². The van der Waals surface area contributed by atoms with E-state index in [0.29, 0.717) is 0 Å². The van der Waals surface area contributed by atoms with Gasteiger partial charge in [-0.1, -0.05) is 20.8 Å². The van der Waals surface area contributed by atoms with Crippen LogP contribution in [0.5, 0.6) is 0 Å². The summed E-state index contributed by atoms with van der Waals surface area (Å²) in [7, 11) is -1.82. The summed E-state index contributed by atoms with van der Waals surface area (Å²) in [5.41, 5.74) is -0.422. The van der Waals surface area contributed by atoms with Crippen molar-refractivity contribution >= 4 is 14.2 Å². The zero-order valence-electron chi connectivity index (χ0n) is 12.5. The average molecular weight is 257 g/mol. The molecule has 0 radical (unpaired) electrons. The minimum atomic E-state index is -1.82. The molecule has 0 spiro atoms. The number of carbonyl (C=O) groups excluding carboxylic acids is 1. The van der Waals surface area contributed by atoms with Gasteiger partial charge in [0.05, 0.1) is 17.6 Å². The van der Waals surface area contributed by atoms with Crippen LogP contribution in [0.2, 0.25) is 18.1 Å². The maximum atomic E-state index is 11.9. The predicted octanol–water partition coefficient (Wildman–Crippen LogP) is 2.92. The highest BCUT2D eigenvalue weighted by molar-refractivity contribution is 6.74. The summed E-state index contributed by atoms with van der Waals surface area (Å²) in [5, 5.41) is 3.16. The van der Waals surface area contributed by atoms with E-state index in [2.05, 4.69) is 39.2 Å². The third kappa shape index (κ3) is 2.57. The van der Waals surface area contributed by atoms with Gasteiger partial charge in [-0.15, -0.1) is 0 Å². The molecule has 1 heterocycles. The second kappa shape index (κ2) is 4.09. The fraction of sp³-hybridized carbons (Fsp3) is 0.923. The molecule has 0 aromatic rings. The zero-order chi connectivity index (χ0) is 13.6. The molecule has 1 fully saturated rings. The van der Waals surface area contributed by atoms with Gasteiger partial charge >= 0.3 is 0 Å². The molecule has 0 unspecified atom stereocenters. The quantitative estimate of drug-likeness (QED) is 0.773. The third-order valence-electron chi connectivity index (χ3n) is 4.34. The topological polar surface area (TPSA) is 38.3 Å². The van der Waals surface area contributed by atoms with Crippen molar-refractivity contribution in [1.29, 1.82) is 0 Å². The molecule has 0 aromatic heterocycles. The molecule has 1 rings (SSSR count). The van der Waals surface area contributed by atoms with Gasteiger partial charge in [0.2, 0.25) is 5.91 Å². The molecular weight excluding hydrogens is 230 g/mol. The van der Waals surface area contributed by atoms with Crippen LogP contribution >= 0.6 is 0 Å². The Hall–Kier alpha value is -0.353. The van der Waals surface area contributed by atoms with Crippen molar-refractivity contribution < 1.29 is 9.22 Å². The van der Waals surface area contributed by atoms with Crippen molar-refractivity contribution in [1.82, 2.24) is 5.32 Å². The fourth-order valence-corrected chi connectivity index (χ4v) is 3.45. The molecule has 1 saturated heterocycles. The van der Waals surface area contributed by atoms with Crippen LogP contribution < -0.4 is 5.32 Å². The Morgan fingerprint density at radius 3 is 2.06 bits per heavy atom. The van der Waals surface area contributed by atoms with E-state index in [1.165, 1.54) is 0 Å². The number of hydrogen-bond acceptors (Lipinski definition) is 2. The van der Waals surface area contributed by atoms with Crippen molar-refractivity contribution in [2.24, 2.45) is 5.41 Å². The summed E-state index contributed by atoms with van der Waals surface area (Å²) in [6.45, 7) is 17.1. The molecule has 1 aliphatic rings. The van der Waals surface area contributed by atoms with Crippen molar-refractivity contribution in [3.63, 3.8) is 0 Å². The molecular formula is C13H27NO2Si. The van der Waals surface area contributed by atoms with Gasteiger partial charge in [-0.05, 0) is 38.9 Å². The highest BCUT2D eigenvalue weighted by Gasteiger charge is 2.51. The summed E-state index contributed by atoms with van der Waals surface area (Å²) in [5.74, 6) is 0.105. The molecule has 1 N–H and O–H groups in total. The first-order valence-corrected chi connectivity index (χ1v) is 9.29. The number of carbonyl (C=O) groups is 1. The van der Waals surface area contributed by atoms with Gasteiger partial charge in [-0.25, -0.2) is 0 Å². The molecule has 17 heavy (non-hydrogen) atoms. The van der Waals surface area contributed by atoms with E-state index in [0.717, 1.165) is 0 Å². The van der Waals surface area contributed by atoms with Gasteiger partial charge in [-0.2, -0.15) is 0 Å². The first-order chi connectivity index (χ1) is 7.39. The van der Waals surface area contributed by atoms with E-state index >= 15 is 0 Å². The summed E-state index contributed by atoms with van der Waals surface area (Å²) in [6, 6.07) is 0.103. The van der Waals surface area contributed by atoms with Crippen LogP contribution in [0.4, 0.5) is 0 Å². The Morgan fingerprint density at radius 2 is 1.76 bits per heavy atom. The van der Waals surface area contributed by atoms with Crippen LogP contribution in [0.25, 0.3) is 0 Å². The zero-order valence-corrected chi connectivity index (χ0v) is 13.5. The molecule has 0 bridgehead atoms. The standard InChI is InChI=1S/C13H27NO2Si/c1-9-10(13(5,6)11(15)14-9)16-17(7,8)12(2,3)4/h9-10H,1-8H3,(H,14,15)/t9-,10-/m0/s1. The van der Waals surface area contributed by atoms with E-state index in [9.17, 15) is 4.79 Å². The number of amides is 1. The number of nitrogens with one attached hydrogen (secondary N) is 1. The molecule has 2 atom stereocenters. The Balaban J connectivity index is 2.92. The molecule has 1 amide bonds. The predicted molar refractivity (Wildman–Crippen MR) is 73.5 cm³/mol. The van der Waals surface area contributed by atoms with Crippen LogP contribution in [0.15, 0.2) is 0 Å². The lowest BCUT2D eigenvalue weighted by Crippen LogP contribution is -2.49. The summed E-state index contributed by atoms with van der Waals surface area (Å²) >= 11 is 0. The third-order valence-corrected chi connectivity index (χ3v) is 8.79. The lowest BCUT2D eigenvalue weighted by molar-refractivity contribution is -0.128. The monoisotopic (exact) mass is 257 g/mol. The smallest absolute Gasteiger partial charge is 0.228 e. The summed E-state index contributed by atoms with van der Waals surface area (Å²) in [6.07, 6.45) is -0.0177. The van der Waals surface area contributed by atoms with Gasteiger partial charge in [0.1, 0.15) is 0 Å². The highest BCUT2D eigenvalue weighted by atomic mass is 28.4. The fourth-order valence-electron chi connectivity index (χ4n) is 1.97. The van der Waals surface area contributed by atoms with Crippen molar-refractivity contribution in [3.8, 4) is 0 Å². The molecule has 4 heteroatoms. The van der Waals surface area contributed by atoms with Gasteiger partial charge in [0.15, 0.2) is 8.32 Å². The first-order valence-electron chi connectivity index (χ1n) is 6.38. The van der Waals surface area contributed by atoms with Crippen molar-refractivity contribution in [2.75, 3.05) is 0 Å². The number of rotatable bonds is 2. The second-order valence-electron chi connectivity index (χ2n) is 7.28. The Morgan fingerprint density at radius 1 is 1.29 bits per heavy atom. The van der Waals surface area contributed by atoms with Gasteiger partial charge < -0.3 is 9.74 Å². The van der Waals surface area contributed by atoms with Crippen molar-refractivity contribution in [2.45, 2.75) is 71.8 Å². The molecule has 100 valence electrons. The van der Waals surface area contributed by atoms with E-state index in [4.69, 9.17) is 4.43 Å². The lowest BCUT2D eigenvalue weighted by Gasteiger charge is -2.41. The van der Waals surface area contributed by atoms with E-state index in [-0.39, 0.29) is 23.1 Å². The van der Waals surface area contributed by atoms with E-state index in [1.54, 1.807) is 0 Å². The highest BCUT2D eigenvalue weighted by Crippen LogP contribution is 2.41. The van der Waals surface area contributed by atoms with Crippen LogP contribution in [0, 0.1) is 5.41 Å². The summed E-state index contributed by atoms with van der Waals surface area (Å²) in [4.78, 5) is 11.9. The molecule has 0 aromatic carbocycles. The maximum Gasteiger partial charge on any atom is 0.228 e. The normalized spacial score (nSPS) is 29.3. The Labute approximate surface area is 106 Å². The SMILES string of the molecule is C[C@@H]1NC(=O)C(C)(C)[C@H]1O[Si](C)(C)C(C)(C)C. The van der Waals surface area contributed by atoms with E-state index < -0.39 is 13.7 Å². The van der Waals surface area contributed by atoms with Crippen LogP contribution in [0.3, 0.4) is 0 Å². The molecule has 3 nitrogen and oxygen atoms in total. The second-order valence-corrected chi connectivity index (χ2v) is 12.0. The first kappa shape index (κ1) is 14.7. The van der Waals surface area contributed by atoms with E-state index in [1.807, 2.05) is 20.8 Å². The van der Waals surface area contributed by atoms with Crippen molar-refractivity contribution in [3.05, 3.63) is 0 Å². The minimum Gasteiger partial charge on any atom is -0.411 e. The molecule has 0 saturated carbocycles. The molecule has 1 aliphatic heterocycles. The van der Waals surface area contributed by atoms with Gasteiger partial charge in [-0.3, -0.25) is 4.79 Å².